The van der Waals surface area contributed by atoms with Crippen LogP contribution in [0.15, 0.2) is 449 Å². The molecule has 0 fully saturated rings. The predicted octanol–water partition coefficient (Wildman–Crippen LogP) is 30.7. The number of hydrogen-bond acceptors (Lipinski definition) is 2. The molecule has 7 aromatic heterocycles. The Morgan fingerprint density at radius 2 is 0.333 bits per heavy atom. The summed E-state index contributed by atoms with van der Waals surface area (Å²) in [6, 6.07) is 165. The van der Waals surface area contributed by atoms with Crippen LogP contribution in [0.4, 0.5) is 0 Å². The highest BCUT2D eigenvalue weighted by atomic mass is 15.0. The van der Waals surface area contributed by atoms with Crippen molar-refractivity contribution in [2.24, 2.45) is 0 Å². The Balaban J connectivity index is 0.643. The van der Waals surface area contributed by atoms with Gasteiger partial charge in [0, 0.05) is 115 Å². The molecule has 0 aliphatic heterocycles. The van der Waals surface area contributed by atoms with Crippen LogP contribution < -0.4 is 0 Å². The van der Waals surface area contributed by atoms with Crippen molar-refractivity contribution in [1.29, 1.82) is 0 Å². The standard InChI is InChI=1S/C118H74N8/c1-6-26-75(27-7-1)118-119-104(84-28-24-38-90(64-84)125-114-70-80(76-52-60-110-100(66-76)92-40-16-20-44-106(92)121(110)86-30-8-2-9-31-86)48-56-96(114)97-57-49-81(71-115(97)125)77-53-61-111-101(67-77)93-41-17-21-45-107(93)122(111)87-32-10-3-11-33-87)74-105(120-118)85-29-25-39-91(65-85)126-116-72-82(78-54-62-112-102(68-78)94-42-18-22-46-108(94)123(112)88-34-12-4-13-35-88)50-58-98(116)99-59-51-83(73-117(99)126)79-55-63-113-103(69-79)95-43-19-23-47-109(95)124(113)89-36-14-5-15-37-89/h1-74H. The minimum absolute atomic E-state index is 0.636. The molecular formula is C118H74N8. The van der Waals surface area contributed by atoms with Crippen LogP contribution >= 0.6 is 0 Å². The van der Waals surface area contributed by atoms with Gasteiger partial charge in [0.15, 0.2) is 5.82 Å². The molecule has 0 spiro atoms. The van der Waals surface area contributed by atoms with Crippen molar-refractivity contribution < 1.29 is 0 Å². The van der Waals surface area contributed by atoms with Crippen LogP contribution in [0.25, 0.3) is 243 Å². The normalized spacial score (nSPS) is 12.0. The smallest absolute Gasteiger partial charge is 0.160 e. The fourth-order valence-electron chi connectivity index (χ4n) is 20.4. The molecule has 0 aliphatic carbocycles. The van der Waals surface area contributed by atoms with E-state index in [0.717, 1.165) is 150 Å². The largest absolute Gasteiger partial charge is 0.309 e. The summed E-state index contributed by atoms with van der Waals surface area (Å²) in [5.41, 5.74) is 33.9. The van der Waals surface area contributed by atoms with E-state index in [9.17, 15) is 0 Å². The van der Waals surface area contributed by atoms with Crippen molar-refractivity contribution in [3.63, 3.8) is 0 Å². The minimum Gasteiger partial charge on any atom is -0.309 e. The van der Waals surface area contributed by atoms with Crippen LogP contribution in [0.5, 0.6) is 0 Å². The number of hydrogen-bond donors (Lipinski definition) is 0. The molecule has 8 nitrogen and oxygen atoms in total. The van der Waals surface area contributed by atoms with Crippen molar-refractivity contribution in [3.8, 4) is 113 Å². The molecule has 0 N–H and O–H groups in total. The molecule has 0 radical (unpaired) electrons. The Morgan fingerprint density at radius 3 is 0.627 bits per heavy atom. The van der Waals surface area contributed by atoms with Gasteiger partial charge in [0.05, 0.1) is 77.6 Å². The number of aromatic nitrogens is 8. The summed E-state index contributed by atoms with van der Waals surface area (Å²) in [5, 5.41) is 14.3. The fourth-order valence-corrected chi connectivity index (χ4v) is 20.4. The first-order chi connectivity index (χ1) is 62.5. The second-order valence-corrected chi connectivity index (χ2v) is 33.2. The van der Waals surface area contributed by atoms with E-state index in [0.29, 0.717) is 5.82 Å². The summed E-state index contributed by atoms with van der Waals surface area (Å²) >= 11 is 0. The van der Waals surface area contributed by atoms with Crippen LogP contribution in [-0.2, 0) is 0 Å². The average Bonchev–Trinajstić information content (AvgIpc) is 1.57. The van der Waals surface area contributed by atoms with Gasteiger partial charge in [0.1, 0.15) is 0 Å². The Labute approximate surface area is 724 Å². The molecule has 0 saturated heterocycles. The maximum atomic E-state index is 5.59. The van der Waals surface area contributed by atoms with Crippen molar-refractivity contribution in [2.45, 2.75) is 0 Å². The van der Waals surface area contributed by atoms with Gasteiger partial charge in [0.25, 0.3) is 0 Å². The molecule has 26 rings (SSSR count). The van der Waals surface area contributed by atoms with E-state index in [-0.39, 0.29) is 0 Å². The van der Waals surface area contributed by atoms with Crippen molar-refractivity contribution in [2.75, 3.05) is 0 Å². The molecule has 0 saturated carbocycles. The quantitative estimate of drug-likeness (QED) is 0.116. The van der Waals surface area contributed by atoms with Crippen LogP contribution in [0.3, 0.4) is 0 Å². The number of rotatable bonds is 13. The molecular weight excluding hydrogens is 1530 g/mol. The molecule has 0 aliphatic rings. The van der Waals surface area contributed by atoms with Gasteiger partial charge in [-0.15, -0.1) is 0 Å². The number of benzene rings is 19. The van der Waals surface area contributed by atoms with Gasteiger partial charge in [0.2, 0.25) is 0 Å². The molecule has 0 atom stereocenters. The molecule has 0 unspecified atom stereocenters. The third kappa shape index (κ3) is 11.3. The second kappa shape index (κ2) is 28.3. The van der Waals surface area contributed by atoms with E-state index in [4.69, 9.17) is 9.97 Å². The molecule has 126 heavy (non-hydrogen) atoms. The fraction of sp³-hybridized carbons (Fsp3) is 0. The lowest BCUT2D eigenvalue weighted by atomic mass is 10.00. The van der Waals surface area contributed by atoms with Gasteiger partial charge in [-0.25, -0.2) is 9.97 Å². The third-order valence-electron chi connectivity index (χ3n) is 26.2. The molecule has 7 heterocycles. The first-order valence-electron chi connectivity index (χ1n) is 43.2. The van der Waals surface area contributed by atoms with E-state index in [1.165, 1.54) is 87.2 Å². The summed E-state index contributed by atoms with van der Waals surface area (Å²) in [6.07, 6.45) is 0. The van der Waals surface area contributed by atoms with Gasteiger partial charge in [-0.3, -0.25) is 0 Å². The van der Waals surface area contributed by atoms with Crippen LogP contribution in [-0.4, -0.2) is 37.4 Å². The maximum Gasteiger partial charge on any atom is 0.160 e. The van der Waals surface area contributed by atoms with E-state index in [1.54, 1.807) is 0 Å². The zero-order chi connectivity index (χ0) is 82.6. The number of nitrogens with zero attached hydrogens (tertiary/aromatic N) is 8. The van der Waals surface area contributed by atoms with Gasteiger partial charge in [-0.1, -0.05) is 273 Å². The SMILES string of the molecule is c1ccc(-c2nc(-c3cccc(-n4c5cc(-c6ccc7c(c6)c6ccccc6n7-c6ccccc6)ccc5c5ccc(-c6ccc7c(c6)c6ccccc6n7-c6ccccc6)cc54)c3)cc(-c3cccc(-n4c5cc(-c6ccc7c(c6)c6ccccc6n7-c6ccccc6)ccc5c5ccc(-c6ccc7c(c6)c6ccccc6n7-c6ccccc6)cc54)c3)n2)cc1. The molecule has 8 heteroatoms. The highest BCUT2D eigenvalue weighted by Gasteiger charge is 2.25. The molecule has 19 aromatic carbocycles. The van der Waals surface area contributed by atoms with Crippen molar-refractivity contribution >= 4 is 131 Å². The van der Waals surface area contributed by atoms with Gasteiger partial charge >= 0.3 is 0 Å². The summed E-state index contributed by atoms with van der Waals surface area (Å²) in [5.74, 6) is 0.636. The highest BCUT2D eigenvalue weighted by molar-refractivity contribution is 6.18. The Morgan fingerprint density at radius 1 is 0.119 bits per heavy atom. The maximum absolute atomic E-state index is 5.59. The minimum atomic E-state index is 0.636. The monoisotopic (exact) mass is 1600 g/mol. The van der Waals surface area contributed by atoms with Crippen LogP contribution in [0, 0.1) is 0 Å². The first kappa shape index (κ1) is 70.9. The molecule has 26 aromatic rings. The molecule has 586 valence electrons. The zero-order valence-electron chi connectivity index (χ0n) is 68.3. The van der Waals surface area contributed by atoms with E-state index >= 15 is 0 Å². The van der Waals surface area contributed by atoms with Crippen LogP contribution in [0.2, 0.25) is 0 Å². The predicted molar refractivity (Wildman–Crippen MR) is 526 cm³/mol. The summed E-state index contributed by atoms with van der Waals surface area (Å²) in [7, 11) is 0. The van der Waals surface area contributed by atoms with Gasteiger partial charge in [-0.2, -0.15) is 0 Å². The average molecular weight is 1600 g/mol. The Hall–Kier alpha value is -16.9. The topological polar surface area (TPSA) is 55.4 Å². The lowest BCUT2D eigenvalue weighted by molar-refractivity contribution is 1.16. The van der Waals surface area contributed by atoms with Gasteiger partial charge in [-0.05, 0) is 220 Å². The van der Waals surface area contributed by atoms with Crippen molar-refractivity contribution in [3.05, 3.63) is 449 Å². The Bertz CT molecular complexity index is 8020. The lowest BCUT2D eigenvalue weighted by Gasteiger charge is -2.14. The highest BCUT2D eigenvalue weighted by Crippen LogP contribution is 2.46. The second-order valence-electron chi connectivity index (χ2n) is 33.2. The number of fused-ring (bicyclic) bond motifs is 18. The van der Waals surface area contributed by atoms with Crippen LogP contribution in [0.1, 0.15) is 0 Å². The van der Waals surface area contributed by atoms with Gasteiger partial charge < -0.3 is 27.4 Å². The lowest BCUT2D eigenvalue weighted by Crippen LogP contribution is -1.99. The zero-order valence-corrected chi connectivity index (χ0v) is 68.3. The summed E-state index contributed by atoms with van der Waals surface area (Å²) in [4.78, 5) is 11.2. The van der Waals surface area contributed by atoms with Crippen molar-refractivity contribution in [1.82, 2.24) is 37.4 Å². The first-order valence-corrected chi connectivity index (χ1v) is 43.2. The van der Waals surface area contributed by atoms with E-state index in [1.807, 2.05) is 0 Å². The van der Waals surface area contributed by atoms with E-state index < -0.39 is 0 Å². The molecule has 0 amide bonds. The summed E-state index contributed by atoms with van der Waals surface area (Å²) < 4.78 is 14.5. The summed E-state index contributed by atoms with van der Waals surface area (Å²) in [6.45, 7) is 0. The molecule has 0 bridgehead atoms. The number of para-hydroxylation sites is 8. The Kier molecular flexibility index (Phi) is 15.9. The third-order valence-corrected chi connectivity index (χ3v) is 26.2. The van der Waals surface area contributed by atoms with E-state index in [2.05, 4.69) is 476 Å².